The molecule has 2 aromatic carbocycles. The van der Waals surface area contributed by atoms with Crippen LogP contribution >= 0.6 is 23.7 Å². The van der Waals surface area contributed by atoms with E-state index in [-0.39, 0.29) is 24.0 Å². The van der Waals surface area contributed by atoms with Gasteiger partial charge in [0, 0.05) is 43.7 Å². The van der Waals surface area contributed by atoms with E-state index >= 15 is 0 Å². The Morgan fingerprint density at radius 2 is 2.03 bits per heavy atom. The molecule has 4 aromatic rings. The van der Waals surface area contributed by atoms with Crippen LogP contribution in [-0.2, 0) is 17.8 Å². The van der Waals surface area contributed by atoms with Gasteiger partial charge in [-0.05, 0) is 48.2 Å². The number of nitro benzene ring substituents is 1. The van der Waals surface area contributed by atoms with Crippen molar-refractivity contribution in [3.05, 3.63) is 88.5 Å². The Kier molecular flexibility index (Phi) is 8.50. The predicted octanol–water partition coefficient (Wildman–Crippen LogP) is 5.52. The number of anilines is 1. The Labute approximate surface area is 207 Å². The first kappa shape index (κ1) is 25.1. The van der Waals surface area contributed by atoms with Crippen molar-refractivity contribution in [1.82, 2.24) is 14.5 Å². The van der Waals surface area contributed by atoms with Crippen LogP contribution in [0.2, 0.25) is 0 Å². The highest BCUT2D eigenvalue weighted by atomic mass is 35.5. The van der Waals surface area contributed by atoms with Crippen LogP contribution in [0.3, 0.4) is 0 Å². The molecule has 0 aliphatic carbocycles. The zero-order valence-corrected chi connectivity index (χ0v) is 20.2. The summed E-state index contributed by atoms with van der Waals surface area (Å²) in [4.78, 5) is 34.2. The highest BCUT2D eigenvalue weighted by molar-refractivity contribution is 7.22. The molecular weight excluding hydrogens is 474 g/mol. The van der Waals surface area contributed by atoms with Crippen LogP contribution in [-0.4, -0.2) is 31.9 Å². The fourth-order valence-electron chi connectivity index (χ4n) is 3.49. The Hall–Kier alpha value is -3.56. The summed E-state index contributed by atoms with van der Waals surface area (Å²) in [5, 5.41) is 11.5. The summed E-state index contributed by atoms with van der Waals surface area (Å²) in [7, 11) is 0. The summed E-state index contributed by atoms with van der Waals surface area (Å²) in [6, 6.07) is 12.2. The van der Waals surface area contributed by atoms with Crippen LogP contribution in [0.5, 0.6) is 0 Å². The molecule has 2 heterocycles. The van der Waals surface area contributed by atoms with Crippen molar-refractivity contribution in [2.75, 3.05) is 11.4 Å². The fourth-order valence-corrected chi connectivity index (χ4v) is 4.53. The standard InChI is InChI=1S/C24H23N5O3S.ClH/c1-2-19-5-3-6-21-23(19)26-24(33-21)28(15-4-14-27-16-13-25-17-27)22(30)12-9-18-7-10-20(11-8-18)29(31)32;/h3,5-13,16-17H,2,4,14-15H2,1H3;1H/b12-9+;. The molecule has 10 heteroatoms. The van der Waals surface area contributed by atoms with E-state index in [0.29, 0.717) is 17.2 Å². The molecule has 0 fully saturated rings. The number of imidazole rings is 1. The van der Waals surface area contributed by atoms with Gasteiger partial charge in [0.1, 0.15) is 0 Å². The number of para-hydroxylation sites is 1. The summed E-state index contributed by atoms with van der Waals surface area (Å²) in [5.74, 6) is -0.184. The van der Waals surface area contributed by atoms with Gasteiger partial charge in [0.2, 0.25) is 0 Å². The summed E-state index contributed by atoms with van der Waals surface area (Å²) < 4.78 is 3.03. The van der Waals surface area contributed by atoms with Gasteiger partial charge >= 0.3 is 0 Å². The highest BCUT2D eigenvalue weighted by Gasteiger charge is 2.18. The maximum Gasteiger partial charge on any atom is 0.269 e. The minimum Gasteiger partial charge on any atom is -0.337 e. The maximum atomic E-state index is 13.2. The number of carbonyl (C=O) groups is 1. The zero-order chi connectivity index (χ0) is 23.2. The number of rotatable bonds is 9. The van der Waals surface area contributed by atoms with E-state index in [4.69, 9.17) is 4.98 Å². The quantitative estimate of drug-likeness (QED) is 0.172. The molecule has 0 saturated carbocycles. The number of non-ortho nitro benzene ring substituents is 1. The molecule has 4 rings (SSSR count). The fraction of sp³-hybridized carbons (Fsp3) is 0.208. The van der Waals surface area contributed by atoms with Gasteiger partial charge < -0.3 is 4.57 Å². The first-order chi connectivity index (χ1) is 16.0. The molecule has 0 saturated heterocycles. The average molecular weight is 498 g/mol. The number of nitro groups is 1. The van der Waals surface area contributed by atoms with E-state index < -0.39 is 4.92 Å². The minimum atomic E-state index is -0.446. The Morgan fingerprint density at radius 3 is 2.71 bits per heavy atom. The van der Waals surface area contributed by atoms with Crippen LogP contribution in [0, 0.1) is 10.1 Å². The van der Waals surface area contributed by atoms with Crippen LogP contribution in [0.25, 0.3) is 16.3 Å². The lowest BCUT2D eigenvalue weighted by atomic mass is 10.1. The predicted molar refractivity (Wildman–Crippen MR) is 138 cm³/mol. The van der Waals surface area contributed by atoms with Crippen LogP contribution in [0.15, 0.2) is 67.3 Å². The maximum absolute atomic E-state index is 13.2. The van der Waals surface area contributed by atoms with Crippen LogP contribution in [0.1, 0.15) is 24.5 Å². The summed E-state index contributed by atoms with van der Waals surface area (Å²) in [6.07, 6.45) is 10.2. The van der Waals surface area contributed by atoms with Gasteiger partial charge in [-0.1, -0.05) is 30.4 Å². The molecule has 176 valence electrons. The van der Waals surface area contributed by atoms with Gasteiger partial charge in [-0.25, -0.2) is 9.97 Å². The van der Waals surface area contributed by atoms with Crippen molar-refractivity contribution in [3.8, 4) is 0 Å². The lowest BCUT2D eigenvalue weighted by Crippen LogP contribution is -2.30. The van der Waals surface area contributed by atoms with Gasteiger partial charge in [-0.3, -0.25) is 19.8 Å². The van der Waals surface area contributed by atoms with E-state index in [1.807, 2.05) is 22.9 Å². The molecule has 0 radical (unpaired) electrons. The van der Waals surface area contributed by atoms with Crippen LogP contribution < -0.4 is 4.90 Å². The number of nitrogens with zero attached hydrogens (tertiary/aromatic N) is 5. The molecule has 0 bridgehead atoms. The van der Waals surface area contributed by atoms with Crippen molar-refractivity contribution in [2.24, 2.45) is 0 Å². The van der Waals surface area contributed by atoms with E-state index in [0.717, 1.165) is 35.2 Å². The number of fused-ring (bicyclic) bond motifs is 1. The monoisotopic (exact) mass is 497 g/mol. The number of carbonyl (C=O) groups excluding carboxylic acids is 1. The van der Waals surface area contributed by atoms with Crippen molar-refractivity contribution in [3.63, 3.8) is 0 Å². The van der Waals surface area contributed by atoms with E-state index in [1.165, 1.54) is 29.5 Å². The van der Waals surface area contributed by atoms with Gasteiger partial charge in [0.25, 0.3) is 11.6 Å². The average Bonchev–Trinajstić information content (AvgIpc) is 3.50. The Morgan fingerprint density at radius 1 is 1.24 bits per heavy atom. The largest absolute Gasteiger partial charge is 0.337 e. The molecule has 1 amide bonds. The molecule has 0 spiro atoms. The third kappa shape index (κ3) is 5.86. The smallest absolute Gasteiger partial charge is 0.269 e. The molecule has 8 nitrogen and oxygen atoms in total. The van der Waals surface area contributed by atoms with Crippen LogP contribution in [0.4, 0.5) is 10.8 Å². The first-order valence-electron chi connectivity index (χ1n) is 10.6. The van der Waals surface area contributed by atoms with E-state index in [9.17, 15) is 14.9 Å². The second-order valence-electron chi connectivity index (χ2n) is 7.44. The molecular formula is C24H24ClN5O3S. The molecule has 0 aliphatic rings. The summed E-state index contributed by atoms with van der Waals surface area (Å²) in [6.45, 7) is 3.33. The van der Waals surface area contributed by atoms with Gasteiger partial charge in [-0.15, -0.1) is 12.4 Å². The number of benzene rings is 2. The molecule has 2 aromatic heterocycles. The number of amides is 1. The van der Waals surface area contributed by atoms with Crippen molar-refractivity contribution >= 4 is 56.8 Å². The Balaban J connectivity index is 0.00000324. The third-order valence-corrected chi connectivity index (χ3v) is 6.29. The van der Waals surface area contributed by atoms with E-state index in [1.54, 1.807) is 35.6 Å². The Bertz CT molecular complexity index is 1290. The SMILES string of the molecule is CCc1cccc2sc(N(CCCn3ccnc3)C(=O)/C=C/c3ccc([N+](=O)[O-])cc3)nc12.Cl. The first-order valence-corrected chi connectivity index (χ1v) is 11.4. The van der Waals surface area contributed by atoms with E-state index in [2.05, 4.69) is 18.0 Å². The second kappa shape index (κ2) is 11.5. The zero-order valence-electron chi connectivity index (χ0n) is 18.5. The lowest BCUT2D eigenvalue weighted by Gasteiger charge is -2.18. The third-order valence-electron chi connectivity index (χ3n) is 5.25. The minimum absolute atomic E-state index is 0. The highest BCUT2D eigenvalue weighted by Crippen LogP contribution is 2.31. The lowest BCUT2D eigenvalue weighted by molar-refractivity contribution is -0.384. The summed E-state index contributed by atoms with van der Waals surface area (Å²) >= 11 is 1.50. The van der Waals surface area contributed by atoms with Gasteiger partial charge in [0.05, 0.1) is 21.5 Å². The molecule has 0 atom stereocenters. The van der Waals surface area contributed by atoms with Gasteiger partial charge in [-0.2, -0.15) is 0 Å². The molecule has 34 heavy (non-hydrogen) atoms. The number of hydrogen-bond donors (Lipinski definition) is 0. The van der Waals surface area contributed by atoms with Gasteiger partial charge in [0.15, 0.2) is 5.13 Å². The molecule has 0 aliphatic heterocycles. The van der Waals surface area contributed by atoms with Crippen molar-refractivity contribution < 1.29 is 9.72 Å². The number of halogens is 1. The molecule has 0 N–H and O–H groups in total. The summed E-state index contributed by atoms with van der Waals surface area (Å²) in [5.41, 5.74) is 2.82. The molecule has 0 unspecified atom stereocenters. The number of aryl methyl sites for hydroxylation is 2. The normalized spacial score (nSPS) is 11.0. The number of aromatic nitrogens is 3. The second-order valence-corrected chi connectivity index (χ2v) is 8.45. The number of thiazole rings is 1. The van der Waals surface area contributed by atoms with Crippen molar-refractivity contribution in [1.29, 1.82) is 0 Å². The van der Waals surface area contributed by atoms with Crippen molar-refractivity contribution in [2.45, 2.75) is 26.3 Å². The topological polar surface area (TPSA) is 94.2 Å². The number of hydrogen-bond acceptors (Lipinski definition) is 6.